The van der Waals surface area contributed by atoms with E-state index in [-0.39, 0.29) is 12.0 Å². The highest BCUT2D eigenvalue weighted by Gasteiger charge is 2.51. The minimum Gasteiger partial charge on any atom is -0.399 e. The fraction of sp³-hybridized carbons (Fsp3) is 0.611. The molecule has 1 aromatic carbocycles. The van der Waals surface area contributed by atoms with Crippen molar-refractivity contribution in [1.82, 2.24) is 4.90 Å². The molecule has 2 heterocycles. The van der Waals surface area contributed by atoms with Crippen LogP contribution in [0.5, 0.6) is 0 Å². The van der Waals surface area contributed by atoms with Gasteiger partial charge in [-0.2, -0.15) is 0 Å². The van der Waals surface area contributed by atoms with Gasteiger partial charge in [-0.1, -0.05) is 11.6 Å². The molecule has 1 atom stereocenters. The fourth-order valence-corrected chi connectivity index (χ4v) is 3.28. The predicted molar refractivity (Wildman–Crippen MR) is 98.5 cm³/mol. The first-order valence-corrected chi connectivity index (χ1v) is 9.04. The average molecular weight is 366 g/mol. The highest BCUT2D eigenvalue weighted by molar-refractivity contribution is 6.62. The molecular weight excluding hydrogens is 340 g/mol. The molecule has 0 saturated carbocycles. The van der Waals surface area contributed by atoms with Crippen molar-refractivity contribution in [2.45, 2.75) is 51.9 Å². The number of carbonyl (C=O) groups is 1. The van der Waals surface area contributed by atoms with E-state index in [1.54, 1.807) is 17.0 Å². The van der Waals surface area contributed by atoms with Crippen LogP contribution in [0.1, 0.15) is 45.0 Å². The zero-order valence-electron chi connectivity index (χ0n) is 15.5. The number of rotatable bonds is 2. The smallest absolute Gasteiger partial charge is 0.399 e. The van der Waals surface area contributed by atoms with Gasteiger partial charge in [-0.05, 0) is 58.3 Å². The standard InChI is InChI=1S/C18H25BClNO4/c1-12-11-21(6-7-23-12)16(22)13-8-14(10-15(20)9-13)19-24-17(2,3)18(4,5)25-19/h8-10,12H,6-7,11H2,1-5H3. The van der Waals surface area contributed by atoms with Crippen molar-refractivity contribution in [2.24, 2.45) is 0 Å². The summed E-state index contributed by atoms with van der Waals surface area (Å²) in [4.78, 5) is 14.6. The Labute approximate surface area is 154 Å². The number of hydrogen-bond acceptors (Lipinski definition) is 4. The number of nitrogens with zero attached hydrogens (tertiary/aromatic N) is 1. The molecule has 0 radical (unpaired) electrons. The van der Waals surface area contributed by atoms with E-state index in [0.29, 0.717) is 30.3 Å². The van der Waals surface area contributed by atoms with E-state index in [1.807, 2.05) is 40.7 Å². The number of halogens is 1. The van der Waals surface area contributed by atoms with Crippen LogP contribution in [-0.4, -0.2) is 54.9 Å². The van der Waals surface area contributed by atoms with Crippen molar-refractivity contribution in [1.29, 1.82) is 0 Å². The number of ether oxygens (including phenoxy) is 1. The third-order valence-corrected chi connectivity index (χ3v) is 5.44. The van der Waals surface area contributed by atoms with Gasteiger partial charge in [0.1, 0.15) is 0 Å². The van der Waals surface area contributed by atoms with Crippen molar-refractivity contribution in [3.05, 3.63) is 28.8 Å². The Morgan fingerprint density at radius 1 is 1.20 bits per heavy atom. The lowest BCUT2D eigenvalue weighted by molar-refractivity contribution is -0.0124. The maximum absolute atomic E-state index is 12.8. The van der Waals surface area contributed by atoms with Crippen LogP contribution in [0, 0.1) is 0 Å². The van der Waals surface area contributed by atoms with Gasteiger partial charge < -0.3 is 18.9 Å². The van der Waals surface area contributed by atoms with Gasteiger partial charge in [0.05, 0.1) is 23.9 Å². The van der Waals surface area contributed by atoms with Crippen LogP contribution in [0.3, 0.4) is 0 Å². The number of morpholine rings is 1. The number of hydrogen-bond donors (Lipinski definition) is 0. The number of carbonyl (C=O) groups excluding carboxylic acids is 1. The first kappa shape index (κ1) is 18.7. The normalized spacial score (nSPS) is 25.3. The largest absolute Gasteiger partial charge is 0.494 e. The highest BCUT2D eigenvalue weighted by Crippen LogP contribution is 2.36. The summed E-state index contributed by atoms with van der Waals surface area (Å²) in [6.07, 6.45) is 0.0412. The van der Waals surface area contributed by atoms with Crippen LogP contribution in [0.15, 0.2) is 18.2 Å². The van der Waals surface area contributed by atoms with Crippen molar-refractivity contribution in [2.75, 3.05) is 19.7 Å². The lowest BCUT2D eigenvalue weighted by Crippen LogP contribution is -2.45. The number of amides is 1. The van der Waals surface area contributed by atoms with E-state index in [0.717, 1.165) is 5.46 Å². The lowest BCUT2D eigenvalue weighted by Gasteiger charge is -2.32. The van der Waals surface area contributed by atoms with Gasteiger partial charge in [0, 0.05) is 23.7 Å². The molecule has 3 rings (SSSR count). The van der Waals surface area contributed by atoms with Crippen LogP contribution >= 0.6 is 11.6 Å². The van der Waals surface area contributed by atoms with E-state index >= 15 is 0 Å². The number of benzene rings is 1. The minimum atomic E-state index is -0.543. The first-order chi connectivity index (χ1) is 11.6. The van der Waals surface area contributed by atoms with E-state index in [9.17, 15) is 4.79 Å². The van der Waals surface area contributed by atoms with Gasteiger partial charge in [0.2, 0.25) is 0 Å². The maximum Gasteiger partial charge on any atom is 0.494 e. The Bertz CT molecular complexity index is 663. The summed E-state index contributed by atoms with van der Waals surface area (Å²) in [6, 6.07) is 5.30. The van der Waals surface area contributed by atoms with Crippen LogP contribution in [0.2, 0.25) is 5.02 Å². The Kier molecular flexibility index (Phi) is 4.92. The van der Waals surface area contributed by atoms with E-state index in [2.05, 4.69) is 0 Å². The molecule has 0 spiro atoms. The molecular formula is C18H25BClNO4. The second-order valence-electron chi connectivity index (χ2n) is 7.79. The molecule has 136 valence electrons. The zero-order valence-corrected chi connectivity index (χ0v) is 16.2. The monoisotopic (exact) mass is 365 g/mol. The first-order valence-electron chi connectivity index (χ1n) is 8.66. The Hall–Kier alpha value is -1.08. The quantitative estimate of drug-likeness (QED) is 0.756. The average Bonchev–Trinajstić information content (AvgIpc) is 2.74. The molecule has 0 aliphatic carbocycles. The second-order valence-corrected chi connectivity index (χ2v) is 8.23. The van der Waals surface area contributed by atoms with Crippen molar-refractivity contribution < 1.29 is 18.8 Å². The van der Waals surface area contributed by atoms with Crippen molar-refractivity contribution >= 4 is 30.1 Å². The third-order valence-electron chi connectivity index (χ3n) is 5.22. The summed E-state index contributed by atoms with van der Waals surface area (Å²) in [6.45, 7) is 11.7. The topological polar surface area (TPSA) is 48.0 Å². The van der Waals surface area contributed by atoms with E-state index in [4.69, 9.17) is 25.6 Å². The Morgan fingerprint density at radius 2 is 1.84 bits per heavy atom. The van der Waals surface area contributed by atoms with E-state index in [1.165, 1.54) is 0 Å². The molecule has 2 saturated heterocycles. The SMILES string of the molecule is CC1CN(C(=O)c2cc(Cl)cc(B3OC(C)(C)C(C)(C)O3)c2)CCO1. The van der Waals surface area contributed by atoms with Crippen LogP contribution in [-0.2, 0) is 14.0 Å². The summed E-state index contributed by atoms with van der Waals surface area (Å²) in [5.41, 5.74) is 0.426. The van der Waals surface area contributed by atoms with Gasteiger partial charge in [0.15, 0.2) is 0 Å². The molecule has 5 nitrogen and oxygen atoms in total. The van der Waals surface area contributed by atoms with E-state index < -0.39 is 18.3 Å². The molecule has 0 aromatic heterocycles. The molecule has 1 amide bonds. The summed E-state index contributed by atoms with van der Waals surface area (Å²) < 4.78 is 17.7. The second kappa shape index (κ2) is 6.58. The summed E-state index contributed by atoms with van der Waals surface area (Å²) in [5, 5.41) is 0.497. The Balaban J connectivity index is 1.85. The van der Waals surface area contributed by atoms with Gasteiger partial charge in [-0.25, -0.2) is 0 Å². The van der Waals surface area contributed by atoms with Gasteiger partial charge in [-0.15, -0.1) is 0 Å². The highest BCUT2D eigenvalue weighted by atomic mass is 35.5. The molecule has 7 heteroatoms. The van der Waals surface area contributed by atoms with Gasteiger partial charge in [-0.3, -0.25) is 4.79 Å². The van der Waals surface area contributed by atoms with Gasteiger partial charge in [0.25, 0.3) is 5.91 Å². The van der Waals surface area contributed by atoms with Crippen LogP contribution < -0.4 is 5.46 Å². The molecule has 1 aromatic rings. The molecule has 0 N–H and O–H groups in total. The summed E-state index contributed by atoms with van der Waals surface area (Å²) >= 11 is 6.28. The van der Waals surface area contributed by atoms with Gasteiger partial charge >= 0.3 is 7.12 Å². The zero-order chi connectivity index (χ0) is 18.4. The van der Waals surface area contributed by atoms with Crippen LogP contribution in [0.4, 0.5) is 0 Å². The minimum absolute atomic E-state index is 0.0412. The van der Waals surface area contributed by atoms with Crippen molar-refractivity contribution in [3.63, 3.8) is 0 Å². The fourth-order valence-electron chi connectivity index (χ4n) is 3.04. The Morgan fingerprint density at radius 3 is 2.44 bits per heavy atom. The summed E-state index contributed by atoms with van der Waals surface area (Å²) in [5.74, 6) is -0.0459. The van der Waals surface area contributed by atoms with Crippen LogP contribution in [0.25, 0.3) is 0 Å². The molecule has 2 aliphatic rings. The molecule has 25 heavy (non-hydrogen) atoms. The molecule has 2 aliphatic heterocycles. The molecule has 0 bridgehead atoms. The molecule has 1 unspecified atom stereocenters. The lowest BCUT2D eigenvalue weighted by atomic mass is 9.78. The summed E-state index contributed by atoms with van der Waals surface area (Å²) in [7, 11) is -0.543. The molecule has 2 fully saturated rings. The third kappa shape index (κ3) is 3.72. The van der Waals surface area contributed by atoms with Crippen molar-refractivity contribution in [3.8, 4) is 0 Å². The maximum atomic E-state index is 12.8. The predicted octanol–water partition coefficient (Wildman–Crippen LogP) is 2.50.